The van der Waals surface area contributed by atoms with Gasteiger partial charge < -0.3 is 29.8 Å². The number of fused-ring (bicyclic) bond motifs is 8. The van der Waals surface area contributed by atoms with Crippen LogP contribution in [0.3, 0.4) is 0 Å². The lowest BCUT2D eigenvalue weighted by molar-refractivity contribution is -0.145. The summed E-state index contributed by atoms with van der Waals surface area (Å²) in [5, 5.41) is 36.8. The lowest BCUT2D eigenvalue weighted by atomic mass is 9.41. The van der Waals surface area contributed by atoms with Crippen LogP contribution < -0.4 is 14.7 Å². The fraction of sp³-hybridized carbons (Fsp3) is 0.583. The molecule has 2 bridgehead atoms. The number of carbonyl (C=O) groups excluding carboxylic acids is 1. The molecule has 0 amide bonds. The molecular weight excluding hydrogens is 558 g/mol. The standard InChI is InChI=1S/C36H42NO7/c1-33(2)12-6-13-34(3)27(33)11-14-35-17-22(9-10-28(34)35)36(39,18-35)19-42-32(38)24-16-26-31(44-20-43-26)30-23-8-5-4-7-21(23)15-25(29(24)30)37(40)41/h4-5,7-8,15-16,22,27-28,39-40H,6,9-14,17-20H2,1-3H3/q-1/t22-,27-,28+,34-,35+,36+/m1/s1. The summed E-state index contributed by atoms with van der Waals surface area (Å²) in [6, 6.07) is 10.5. The average molecular weight is 601 g/mol. The number of aliphatic hydroxyl groups is 1. The minimum absolute atomic E-state index is 0.0245. The van der Waals surface area contributed by atoms with Crippen LogP contribution in [-0.2, 0) is 4.74 Å². The Morgan fingerprint density at radius 3 is 2.68 bits per heavy atom. The van der Waals surface area contributed by atoms with Gasteiger partial charge in [-0.05, 0) is 108 Å². The molecule has 6 atom stereocenters. The Morgan fingerprint density at radius 2 is 1.86 bits per heavy atom. The Balaban J connectivity index is 1.12. The molecule has 5 aliphatic rings. The van der Waals surface area contributed by atoms with Gasteiger partial charge in [0.1, 0.15) is 12.2 Å². The highest BCUT2D eigenvalue weighted by molar-refractivity contribution is 6.22. The largest absolute Gasteiger partial charge is 0.733 e. The summed E-state index contributed by atoms with van der Waals surface area (Å²) in [6.45, 7) is 7.33. The first-order chi connectivity index (χ1) is 21.0. The highest BCUT2D eigenvalue weighted by Crippen LogP contribution is 2.73. The summed E-state index contributed by atoms with van der Waals surface area (Å²) in [5.74, 6) is 1.50. The van der Waals surface area contributed by atoms with E-state index in [2.05, 4.69) is 20.8 Å². The van der Waals surface area contributed by atoms with Crippen molar-refractivity contribution in [2.45, 2.75) is 84.2 Å². The lowest BCUT2D eigenvalue weighted by Crippen LogP contribution is -2.55. The Labute approximate surface area is 257 Å². The number of rotatable bonds is 4. The first-order valence-corrected chi connectivity index (χ1v) is 16.3. The normalized spacial score (nSPS) is 34.9. The Bertz CT molecular complexity index is 1680. The average Bonchev–Trinajstić information content (AvgIpc) is 3.54. The van der Waals surface area contributed by atoms with Crippen LogP contribution in [-0.4, -0.2) is 35.3 Å². The maximum atomic E-state index is 13.9. The van der Waals surface area contributed by atoms with Gasteiger partial charge in [-0.3, -0.25) is 5.21 Å². The van der Waals surface area contributed by atoms with Gasteiger partial charge in [-0.1, -0.05) is 51.5 Å². The number of benzene rings is 3. The van der Waals surface area contributed by atoms with Gasteiger partial charge in [0, 0.05) is 10.8 Å². The summed E-state index contributed by atoms with van der Waals surface area (Å²) < 4.78 is 17.5. The van der Waals surface area contributed by atoms with Crippen LogP contribution in [0.5, 0.6) is 11.5 Å². The zero-order chi connectivity index (χ0) is 30.6. The fourth-order valence-electron chi connectivity index (χ4n) is 11.3. The molecule has 1 aliphatic heterocycles. The van der Waals surface area contributed by atoms with Crippen LogP contribution in [0.1, 0.15) is 88.9 Å². The van der Waals surface area contributed by atoms with Crippen LogP contribution >= 0.6 is 0 Å². The molecule has 3 aromatic carbocycles. The van der Waals surface area contributed by atoms with Crippen LogP contribution in [0, 0.1) is 39.2 Å². The highest BCUT2D eigenvalue weighted by Gasteiger charge is 2.67. The molecule has 44 heavy (non-hydrogen) atoms. The van der Waals surface area contributed by atoms with Gasteiger partial charge in [0.15, 0.2) is 11.5 Å². The third-order valence-corrected chi connectivity index (χ3v) is 12.9. The van der Waals surface area contributed by atoms with Gasteiger partial charge in [0.05, 0.1) is 11.3 Å². The van der Waals surface area contributed by atoms with Crippen molar-refractivity contribution in [3.05, 3.63) is 47.2 Å². The third-order valence-electron chi connectivity index (χ3n) is 12.9. The smallest absolute Gasteiger partial charge is 0.339 e. The molecule has 2 N–H and O–H groups in total. The first-order valence-electron chi connectivity index (χ1n) is 16.3. The van der Waals surface area contributed by atoms with Crippen LogP contribution in [0.15, 0.2) is 36.4 Å². The molecule has 8 heteroatoms. The zero-order valence-corrected chi connectivity index (χ0v) is 25.9. The van der Waals surface area contributed by atoms with E-state index in [1.807, 2.05) is 24.3 Å². The second kappa shape index (κ2) is 9.47. The van der Waals surface area contributed by atoms with Crippen LogP contribution in [0.2, 0.25) is 0 Å². The molecule has 4 fully saturated rings. The SMILES string of the molecule is CC1(C)CCC[C@]2(C)[C@@H]1CC[C@@]13C[C@@H](CC[C@H]12)[C@@](O)(COC(=O)c1cc2c(c4c1c(N([O-])O)cc1ccccc14)OCO2)C3. The fourth-order valence-corrected chi connectivity index (χ4v) is 11.3. The summed E-state index contributed by atoms with van der Waals surface area (Å²) in [5.41, 5.74) is -0.367. The highest BCUT2D eigenvalue weighted by atomic mass is 16.8. The van der Waals surface area contributed by atoms with Gasteiger partial charge in [-0.2, -0.15) is 0 Å². The minimum Gasteiger partial charge on any atom is -0.733 e. The van der Waals surface area contributed by atoms with Gasteiger partial charge in [0.2, 0.25) is 6.79 Å². The van der Waals surface area contributed by atoms with E-state index in [0.717, 1.165) is 31.1 Å². The second-order valence-electron chi connectivity index (χ2n) is 15.5. The quantitative estimate of drug-likeness (QED) is 0.178. The third kappa shape index (κ3) is 3.89. The van der Waals surface area contributed by atoms with E-state index in [4.69, 9.17) is 14.2 Å². The number of nitrogens with zero attached hydrogens (tertiary/aromatic N) is 1. The van der Waals surface area contributed by atoms with E-state index in [1.165, 1.54) is 31.7 Å². The Hall–Kier alpha value is -3.07. The van der Waals surface area contributed by atoms with Crippen molar-refractivity contribution in [2.75, 3.05) is 18.6 Å². The van der Waals surface area contributed by atoms with Crippen molar-refractivity contribution in [2.24, 2.45) is 34.0 Å². The molecular formula is C36H42NO7-. The maximum absolute atomic E-state index is 13.9. The second-order valence-corrected chi connectivity index (χ2v) is 15.5. The number of carbonyl (C=O) groups is 1. The summed E-state index contributed by atoms with van der Waals surface area (Å²) in [6.07, 6.45) is 9.89. The molecule has 3 aromatic rings. The molecule has 4 saturated carbocycles. The lowest BCUT2D eigenvalue weighted by Gasteiger charge is -2.64. The maximum Gasteiger partial charge on any atom is 0.339 e. The van der Waals surface area contributed by atoms with E-state index in [0.29, 0.717) is 45.9 Å². The molecule has 0 unspecified atom stereocenters. The zero-order valence-electron chi connectivity index (χ0n) is 25.9. The van der Waals surface area contributed by atoms with Gasteiger partial charge >= 0.3 is 5.97 Å². The van der Waals surface area contributed by atoms with E-state index >= 15 is 0 Å². The number of hydrogen-bond acceptors (Lipinski definition) is 8. The number of esters is 1. The summed E-state index contributed by atoms with van der Waals surface area (Å²) in [7, 11) is 0. The van der Waals surface area contributed by atoms with Gasteiger partial charge in [-0.15, -0.1) is 0 Å². The topological polar surface area (TPSA) is 112 Å². The van der Waals surface area contributed by atoms with Crippen molar-refractivity contribution >= 4 is 33.2 Å². The molecule has 234 valence electrons. The van der Waals surface area contributed by atoms with Crippen LogP contribution in [0.25, 0.3) is 21.5 Å². The molecule has 8 rings (SSSR count). The van der Waals surface area contributed by atoms with Crippen molar-refractivity contribution in [1.29, 1.82) is 0 Å². The van der Waals surface area contributed by atoms with Gasteiger partial charge in [-0.25, -0.2) is 4.79 Å². The summed E-state index contributed by atoms with van der Waals surface area (Å²) >= 11 is 0. The van der Waals surface area contributed by atoms with Crippen molar-refractivity contribution < 1.29 is 29.3 Å². The molecule has 4 aliphatic carbocycles. The van der Waals surface area contributed by atoms with Crippen LogP contribution in [0.4, 0.5) is 5.69 Å². The minimum atomic E-state index is -1.10. The predicted molar refractivity (Wildman–Crippen MR) is 167 cm³/mol. The monoisotopic (exact) mass is 600 g/mol. The van der Waals surface area contributed by atoms with E-state index in [9.17, 15) is 20.3 Å². The summed E-state index contributed by atoms with van der Waals surface area (Å²) in [4.78, 5) is 13.9. The molecule has 1 heterocycles. The molecule has 0 radical (unpaired) electrons. The Morgan fingerprint density at radius 1 is 1.05 bits per heavy atom. The van der Waals surface area contributed by atoms with Crippen molar-refractivity contribution in [1.82, 2.24) is 0 Å². The predicted octanol–water partition coefficient (Wildman–Crippen LogP) is 7.74. The van der Waals surface area contributed by atoms with E-state index in [-0.39, 0.29) is 52.0 Å². The molecule has 0 aromatic heterocycles. The van der Waals surface area contributed by atoms with E-state index < -0.39 is 11.6 Å². The van der Waals surface area contributed by atoms with Crippen molar-refractivity contribution in [3.63, 3.8) is 0 Å². The number of anilines is 1. The van der Waals surface area contributed by atoms with Crippen molar-refractivity contribution in [3.8, 4) is 11.5 Å². The van der Waals surface area contributed by atoms with E-state index in [1.54, 1.807) is 6.07 Å². The van der Waals surface area contributed by atoms with Gasteiger partial charge in [0.25, 0.3) is 0 Å². The number of hydrogen-bond donors (Lipinski definition) is 2. The first kappa shape index (κ1) is 28.4. The molecule has 0 saturated heterocycles. The number of ether oxygens (including phenoxy) is 3. The molecule has 8 nitrogen and oxygen atoms in total. The Kier molecular flexibility index (Phi) is 6.12. The molecule has 1 spiro atoms.